The second-order valence-electron chi connectivity index (χ2n) is 6.77. The molecule has 0 radical (unpaired) electrons. The fraction of sp³-hybridized carbons (Fsp3) is 0.227. The van der Waals surface area contributed by atoms with Crippen molar-refractivity contribution < 1.29 is 28.3 Å². The van der Waals surface area contributed by atoms with Crippen LogP contribution in [0.1, 0.15) is 48.8 Å². The number of hydrogen-bond acceptors (Lipinski definition) is 7. The number of nitrogens with two attached hydrogens (primary N) is 1. The van der Waals surface area contributed by atoms with Crippen LogP contribution in [0.2, 0.25) is 0 Å². The molecule has 0 fully saturated rings. The third-order valence-electron chi connectivity index (χ3n) is 5.06. The molecule has 0 bridgehead atoms. The minimum absolute atomic E-state index is 0.0124. The molecule has 3 N–H and O–H groups in total. The number of furan rings is 1. The summed E-state index contributed by atoms with van der Waals surface area (Å²) in [5, 5.41) is 3.08. The highest BCUT2D eigenvalue weighted by Gasteiger charge is 2.38. The van der Waals surface area contributed by atoms with Crippen LogP contribution in [0.25, 0.3) is 11.0 Å². The van der Waals surface area contributed by atoms with Crippen LogP contribution >= 0.6 is 0 Å². The van der Waals surface area contributed by atoms with E-state index in [0.29, 0.717) is 24.9 Å². The number of methoxy groups -OCH3 is 2. The van der Waals surface area contributed by atoms with Crippen LogP contribution < -0.4 is 20.5 Å². The Bertz CT molecular complexity index is 1110. The van der Waals surface area contributed by atoms with Crippen molar-refractivity contribution in [2.24, 2.45) is 5.73 Å². The molecule has 0 unspecified atom stereocenters. The highest BCUT2D eigenvalue weighted by Crippen LogP contribution is 2.46. The van der Waals surface area contributed by atoms with E-state index in [1.165, 1.54) is 20.3 Å². The zero-order chi connectivity index (χ0) is 21.4. The van der Waals surface area contributed by atoms with Gasteiger partial charge in [-0.25, -0.2) is 0 Å². The molecule has 30 heavy (non-hydrogen) atoms. The Labute approximate surface area is 171 Å². The van der Waals surface area contributed by atoms with Crippen LogP contribution in [0.3, 0.4) is 0 Å². The number of rotatable bonds is 6. The summed E-state index contributed by atoms with van der Waals surface area (Å²) in [5.41, 5.74) is 6.35. The summed E-state index contributed by atoms with van der Waals surface area (Å²) in [6.45, 7) is 0.836. The summed E-state index contributed by atoms with van der Waals surface area (Å²) >= 11 is 0. The van der Waals surface area contributed by atoms with Crippen molar-refractivity contribution in [3.63, 3.8) is 0 Å². The minimum Gasteiger partial charge on any atom is -0.495 e. The van der Waals surface area contributed by atoms with E-state index in [1.807, 2.05) is 0 Å². The molecule has 4 rings (SSSR count). The van der Waals surface area contributed by atoms with E-state index in [2.05, 4.69) is 5.32 Å². The molecule has 1 amide bonds. The lowest BCUT2D eigenvalue weighted by Gasteiger charge is -2.22. The van der Waals surface area contributed by atoms with Gasteiger partial charge in [-0.15, -0.1) is 0 Å². The second kappa shape index (κ2) is 7.64. The number of nitrogens with one attached hydrogen (secondary N) is 1. The van der Waals surface area contributed by atoms with Crippen molar-refractivity contribution >= 4 is 28.4 Å². The van der Waals surface area contributed by atoms with Gasteiger partial charge in [-0.2, -0.15) is 0 Å². The van der Waals surface area contributed by atoms with Crippen LogP contribution in [-0.2, 0) is 0 Å². The van der Waals surface area contributed by atoms with Crippen LogP contribution in [0.15, 0.2) is 34.7 Å². The number of hydrogen-bond donors (Lipinski definition) is 2. The van der Waals surface area contributed by atoms with Gasteiger partial charge in [0.2, 0.25) is 0 Å². The van der Waals surface area contributed by atoms with Gasteiger partial charge in [-0.3, -0.25) is 14.4 Å². The number of fused-ring (bicyclic) bond motifs is 3. The highest BCUT2D eigenvalue weighted by molar-refractivity contribution is 6.32. The molecule has 1 heterocycles. The van der Waals surface area contributed by atoms with Gasteiger partial charge < -0.3 is 24.9 Å². The smallest absolute Gasteiger partial charge is 0.287 e. The van der Waals surface area contributed by atoms with Gasteiger partial charge >= 0.3 is 0 Å². The molecular formula is C22H20N2O6. The summed E-state index contributed by atoms with van der Waals surface area (Å²) in [6.07, 6.45) is 0.619. The molecule has 1 aromatic heterocycles. The molecule has 2 aromatic carbocycles. The maximum atomic E-state index is 13.3. The third-order valence-corrected chi connectivity index (χ3v) is 5.06. The largest absolute Gasteiger partial charge is 0.495 e. The van der Waals surface area contributed by atoms with Gasteiger partial charge in [0, 0.05) is 23.7 Å². The first-order chi connectivity index (χ1) is 14.5. The Morgan fingerprint density at radius 1 is 1.03 bits per heavy atom. The van der Waals surface area contributed by atoms with Crippen LogP contribution in [0.5, 0.6) is 11.5 Å². The van der Waals surface area contributed by atoms with E-state index in [1.54, 1.807) is 24.3 Å². The van der Waals surface area contributed by atoms with Crippen LogP contribution in [0.4, 0.5) is 0 Å². The summed E-state index contributed by atoms with van der Waals surface area (Å²) in [6, 6.07) is 8.05. The first-order valence-electron chi connectivity index (χ1n) is 9.41. The minimum atomic E-state index is -0.442. The molecule has 0 spiro atoms. The maximum Gasteiger partial charge on any atom is 0.287 e. The Kier molecular flexibility index (Phi) is 5.01. The molecule has 0 aliphatic heterocycles. The lowest BCUT2D eigenvalue weighted by atomic mass is 9.82. The van der Waals surface area contributed by atoms with Crippen molar-refractivity contribution in [1.29, 1.82) is 0 Å². The van der Waals surface area contributed by atoms with Gasteiger partial charge in [0.15, 0.2) is 28.7 Å². The molecule has 3 aromatic rings. The topological polar surface area (TPSA) is 121 Å². The van der Waals surface area contributed by atoms with Crippen molar-refractivity contribution in [1.82, 2.24) is 5.32 Å². The first kappa shape index (κ1) is 19.7. The van der Waals surface area contributed by atoms with Crippen molar-refractivity contribution in [2.75, 3.05) is 27.3 Å². The first-order valence-corrected chi connectivity index (χ1v) is 9.41. The predicted octanol–water partition coefficient (Wildman–Crippen LogP) is 2.30. The molecule has 0 atom stereocenters. The number of carbonyl (C=O) groups is 3. The average molecular weight is 408 g/mol. The van der Waals surface area contributed by atoms with E-state index in [4.69, 9.17) is 19.6 Å². The molecule has 1 aliphatic carbocycles. The Morgan fingerprint density at radius 2 is 1.63 bits per heavy atom. The fourth-order valence-corrected chi connectivity index (χ4v) is 3.70. The Morgan fingerprint density at radius 3 is 2.20 bits per heavy atom. The molecule has 1 aliphatic rings. The summed E-state index contributed by atoms with van der Waals surface area (Å²) < 4.78 is 16.7. The SMILES string of the molecule is COc1c2c(c(OC)c3oc(C(=O)NCCCN)cc13)C(=O)c1ccccc1C2=O. The second-order valence-corrected chi connectivity index (χ2v) is 6.77. The normalized spacial score (nSPS) is 12.5. The van der Waals surface area contributed by atoms with Crippen LogP contribution in [0, 0.1) is 0 Å². The molecule has 0 saturated carbocycles. The van der Waals surface area contributed by atoms with Crippen LogP contribution in [-0.4, -0.2) is 44.8 Å². The van der Waals surface area contributed by atoms with E-state index in [-0.39, 0.29) is 56.7 Å². The number of ether oxygens (including phenoxy) is 2. The average Bonchev–Trinajstić information content (AvgIpc) is 3.21. The summed E-state index contributed by atoms with van der Waals surface area (Å²) in [5.74, 6) is -0.899. The van der Waals surface area contributed by atoms with E-state index in [0.717, 1.165) is 0 Å². The lowest BCUT2D eigenvalue weighted by Crippen LogP contribution is -2.25. The van der Waals surface area contributed by atoms with Crippen molar-refractivity contribution in [3.05, 3.63) is 58.3 Å². The van der Waals surface area contributed by atoms with Gasteiger partial charge in [-0.05, 0) is 13.0 Å². The monoisotopic (exact) mass is 408 g/mol. The van der Waals surface area contributed by atoms with Gasteiger partial charge in [0.05, 0.1) is 30.7 Å². The van der Waals surface area contributed by atoms with E-state index in [9.17, 15) is 14.4 Å². The van der Waals surface area contributed by atoms with Gasteiger partial charge in [0.1, 0.15) is 5.75 Å². The summed E-state index contributed by atoms with van der Waals surface area (Å²) in [7, 11) is 2.77. The molecule has 8 nitrogen and oxygen atoms in total. The Balaban J connectivity index is 1.96. The Hall–Kier alpha value is -3.65. The maximum absolute atomic E-state index is 13.3. The quantitative estimate of drug-likeness (QED) is 0.470. The lowest BCUT2D eigenvalue weighted by molar-refractivity contribution is 0.0927. The van der Waals surface area contributed by atoms with Gasteiger partial charge in [-0.1, -0.05) is 24.3 Å². The third kappa shape index (κ3) is 2.84. The van der Waals surface area contributed by atoms with E-state index < -0.39 is 5.91 Å². The van der Waals surface area contributed by atoms with Crippen molar-refractivity contribution in [3.8, 4) is 11.5 Å². The van der Waals surface area contributed by atoms with Gasteiger partial charge in [0.25, 0.3) is 5.91 Å². The standard InChI is InChI=1S/C22H20N2O6/c1-28-19-13-10-14(22(27)24-9-5-8-23)30-20(13)21(29-2)16-15(19)17(25)11-6-3-4-7-12(11)18(16)26/h3-4,6-7,10H,5,8-9,23H2,1-2H3,(H,24,27). The van der Waals surface area contributed by atoms with Crippen molar-refractivity contribution in [2.45, 2.75) is 6.42 Å². The summed E-state index contributed by atoms with van der Waals surface area (Å²) in [4.78, 5) is 38.9. The highest BCUT2D eigenvalue weighted by atomic mass is 16.5. The zero-order valence-electron chi connectivity index (χ0n) is 16.5. The fourth-order valence-electron chi connectivity index (χ4n) is 3.70. The number of carbonyl (C=O) groups excluding carboxylic acids is 3. The zero-order valence-corrected chi connectivity index (χ0v) is 16.5. The van der Waals surface area contributed by atoms with E-state index >= 15 is 0 Å². The molecule has 8 heteroatoms. The number of amides is 1. The molecule has 154 valence electrons. The number of ketones is 2. The molecule has 0 saturated heterocycles. The predicted molar refractivity (Wildman–Crippen MR) is 109 cm³/mol. The number of benzene rings is 2. The molecular weight excluding hydrogens is 388 g/mol.